The van der Waals surface area contributed by atoms with Crippen molar-refractivity contribution in [1.29, 1.82) is 0 Å². The molecule has 2 rings (SSSR count). The normalized spacial score (nSPS) is 10.4. The zero-order valence-corrected chi connectivity index (χ0v) is 12.1. The first-order valence-electron chi connectivity index (χ1n) is 5.39. The van der Waals surface area contributed by atoms with Crippen LogP contribution in [0.5, 0.6) is 5.75 Å². The molecule has 0 bridgehead atoms. The highest BCUT2D eigenvalue weighted by atomic mass is 79.9. The van der Waals surface area contributed by atoms with Crippen LogP contribution < -0.4 is 4.74 Å². The maximum atomic E-state index is 13.5. The molecule has 94 valence electrons. The molecule has 4 heteroatoms. The molecule has 0 saturated carbocycles. The zero-order chi connectivity index (χ0) is 13.1. The molecule has 0 heterocycles. The standard InChI is InChI=1S/C14H11BrClFO/c1-9-6-11(15)2-5-14(9)18-8-10-7-12(16)3-4-13(10)17/h2-7H,8H2,1H3. The third-order valence-electron chi connectivity index (χ3n) is 2.53. The van der Waals surface area contributed by atoms with E-state index >= 15 is 0 Å². The van der Waals surface area contributed by atoms with Crippen molar-refractivity contribution < 1.29 is 9.13 Å². The lowest BCUT2D eigenvalue weighted by Crippen LogP contribution is -1.99. The molecular weight excluding hydrogens is 319 g/mol. The molecular formula is C14H11BrClFO. The molecule has 0 aliphatic carbocycles. The Morgan fingerprint density at radius 3 is 2.72 bits per heavy atom. The Morgan fingerprint density at radius 2 is 2.00 bits per heavy atom. The molecule has 0 unspecified atom stereocenters. The molecule has 0 amide bonds. The highest BCUT2D eigenvalue weighted by Crippen LogP contribution is 2.24. The zero-order valence-electron chi connectivity index (χ0n) is 9.71. The van der Waals surface area contributed by atoms with Gasteiger partial charge in [0.05, 0.1) is 0 Å². The fraction of sp³-hybridized carbons (Fsp3) is 0.143. The van der Waals surface area contributed by atoms with Crippen LogP contribution in [0.4, 0.5) is 4.39 Å². The summed E-state index contributed by atoms with van der Waals surface area (Å²) in [6.07, 6.45) is 0. The number of aryl methyl sites for hydroxylation is 1. The first-order valence-corrected chi connectivity index (χ1v) is 6.56. The molecule has 0 saturated heterocycles. The largest absolute Gasteiger partial charge is 0.489 e. The van der Waals surface area contributed by atoms with Crippen molar-refractivity contribution >= 4 is 27.5 Å². The van der Waals surface area contributed by atoms with E-state index in [1.807, 2.05) is 25.1 Å². The SMILES string of the molecule is Cc1cc(Br)ccc1OCc1cc(Cl)ccc1F. The molecule has 0 aliphatic heterocycles. The van der Waals surface area contributed by atoms with Gasteiger partial charge < -0.3 is 4.74 Å². The summed E-state index contributed by atoms with van der Waals surface area (Å²) >= 11 is 9.20. The summed E-state index contributed by atoms with van der Waals surface area (Å²) in [7, 11) is 0. The average molecular weight is 330 g/mol. The molecule has 0 N–H and O–H groups in total. The Bertz CT molecular complexity index is 572. The van der Waals surface area contributed by atoms with Crippen molar-refractivity contribution in [3.8, 4) is 5.75 Å². The molecule has 2 aromatic carbocycles. The van der Waals surface area contributed by atoms with Gasteiger partial charge in [0.25, 0.3) is 0 Å². The van der Waals surface area contributed by atoms with E-state index in [1.54, 1.807) is 6.07 Å². The van der Waals surface area contributed by atoms with Crippen LogP contribution in [0.2, 0.25) is 5.02 Å². The minimum Gasteiger partial charge on any atom is -0.489 e. The number of hydrogen-bond donors (Lipinski definition) is 0. The number of halogens is 3. The molecule has 0 spiro atoms. The van der Waals surface area contributed by atoms with Crippen molar-refractivity contribution in [3.63, 3.8) is 0 Å². The third kappa shape index (κ3) is 3.24. The minimum absolute atomic E-state index is 0.162. The van der Waals surface area contributed by atoms with Gasteiger partial charge in [0, 0.05) is 15.1 Å². The van der Waals surface area contributed by atoms with Crippen molar-refractivity contribution in [2.45, 2.75) is 13.5 Å². The Balaban J connectivity index is 2.13. The number of ether oxygens (including phenoxy) is 1. The first kappa shape index (κ1) is 13.4. The van der Waals surface area contributed by atoms with Crippen LogP contribution in [0.15, 0.2) is 40.9 Å². The Hall–Kier alpha value is -1.06. The van der Waals surface area contributed by atoms with Gasteiger partial charge in [-0.3, -0.25) is 0 Å². The fourth-order valence-electron chi connectivity index (χ4n) is 1.58. The van der Waals surface area contributed by atoms with Gasteiger partial charge in [-0.1, -0.05) is 27.5 Å². The maximum Gasteiger partial charge on any atom is 0.129 e. The first-order chi connectivity index (χ1) is 8.56. The summed E-state index contributed by atoms with van der Waals surface area (Å²) in [5, 5.41) is 0.502. The second kappa shape index (κ2) is 5.72. The second-order valence-electron chi connectivity index (χ2n) is 3.93. The van der Waals surface area contributed by atoms with E-state index < -0.39 is 0 Å². The van der Waals surface area contributed by atoms with E-state index in [0.717, 1.165) is 15.8 Å². The molecule has 0 aliphatic rings. The second-order valence-corrected chi connectivity index (χ2v) is 5.29. The van der Waals surface area contributed by atoms with Crippen molar-refractivity contribution in [2.24, 2.45) is 0 Å². The maximum absolute atomic E-state index is 13.5. The highest BCUT2D eigenvalue weighted by Gasteiger charge is 2.05. The molecule has 2 aromatic rings. The van der Waals surface area contributed by atoms with Gasteiger partial charge in [-0.2, -0.15) is 0 Å². The molecule has 0 radical (unpaired) electrons. The number of hydrogen-bond acceptors (Lipinski definition) is 1. The van der Waals surface area contributed by atoms with Gasteiger partial charge in [0.1, 0.15) is 18.2 Å². The lowest BCUT2D eigenvalue weighted by molar-refractivity contribution is 0.298. The Labute approximate surface area is 119 Å². The summed E-state index contributed by atoms with van der Waals surface area (Å²) in [6.45, 7) is 2.10. The van der Waals surface area contributed by atoms with Gasteiger partial charge in [0.2, 0.25) is 0 Å². The molecule has 1 nitrogen and oxygen atoms in total. The predicted molar refractivity (Wildman–Crippen MR) is 74.6 cm³/mol. The number of benzene rings is 2. The quantitative estimate of drug-likeness (QED) is 0.758. The van der Waals surface area contributed by atoms with E-state index in [-0.39, 0.29) is 12.4 Å². The van der Waals surface area contributed by atoms with Gasteiger partial charge in [0.15, 0.2) is 0 Å². The monoisotopic (exact) mass is 328 g/mol. The van der Waals surface area contributed by atoms with Crippen LogP contribution in [-0.4, -0.2) is 0 Å². The van der Waals surface area contributed by atoms with Crippen molar-refractivity contribution in [2.75, 3.05) is 0 Å². The van der Waals surface area contributed by atoms with E-state index in [9.17, 15) is 4.39 Å². The van der Waals surface area contributed by atoms with E-state index in [0.29, 0.717) is 10.6 Å². The molecule has 0 aromatic heterocycles. The predicted octanol–water partition coefficient (Wildman–Crippen LogP) is 5.13. The van der Waals surface area contributed by atoms with Crippen LogP contribution in [0.25, 0.3) is 0 Å². The smallest absolute Gasteiger partial charge is 0.129 e. The highest BCUT2D eigenvalue weighted by molar-refractivity contribution is 9.10. The molecule has 0 fully saturated rings. The molecule has 18 heavy (non-hydrogen) atoms. The van der Waals surface area contributed by atoms with Gasteiger partial charge in [-0.25, -0.2) is 4.39 Å². The summed E-state index contributed by atoms with van der Waals surface area (Å²) < 4.78 is 20.1. The third-order valence-corrected chi connectivity index (χ3v) is 3.26. The van der Waals surface area contributed by atoms with Crippen LogP contribution >= 0.6 is 27.5 Å². The fourth-order valence-corrected chi connectivity index (χ4v) is 2.25. The summed E-state index contributed by atoms with van der Waals surface area (Å²) in [6, 6.07) is 10.1. The lowest BCUT2D eigenvalue weighted by atomic mass is 10.2. The van der Waals surface area contributed by atoms with E-state index in [2.05, 4.69) is 15.9 Å². The molecule has 0 atom stereocenters. The topological polar surface area (TPSA) is 9.23 Å². The van der Waals surface area contributed by atoms with Crippen LogP contribution in [-0.2, 0) is 6.61 Å². The van der Waals surface area contributed by atoms with Crippen molar-refractivity contribution in [3.05, 3.63) is 62.8 Å². The van der Waals surface area contributed by atoms with Gasteiger partial charge in [-0.05, 0) is 48.9 Å². The summed E-state index contributed by atoms with van der Waals surface area (Å²) in [5.41, 5.74) is 1.44. The van der Waals surface area contributed by atoms with Gasteiger partial charge >= 0.3 is 0 Å². The minimum atomic E-state index is -0.311. The lowest BCUT2D eigenvalue weighted by Gasteiger charge is -2.10. The Kier molecular flexibility index (Phi) is 4.25. The number of rotatable bonds is 3. The van der Waals surface area contributed by atoms with Crippen LogP contribution in [0, 0.1) is 12.7 Å². The van der Waals surface area contributed by atoms with E-state index in [1.165, 1.54) is 12.1 Å². The van der Waals surface area contributed by atoms with E-state index in [4.69, 9.17) is 16.3 Å². The van der Waals surface area contributed by atoms with Gasteiger partial charge in [-0.15, -0.1) is 0 Å². The summed E-state index contributed by atoms with van der Waals surface area (Å²) in [5.74, 6) is 0.423. The van der Waals surface area contributed by atoms with Crippen molar-refractivity contribution in [1.82, 2.24) is 0 Å². The summed E-state index contributed by atoms with van der Waals surface area (Å²) in [4.78, 5) is 0. The van der Waals surface area contributed by atoms with Crippen LogP contribution in [0.1, 0.15) is 11.1 Å². The van der Waals surface area contributed by atoms with Crippen LogP contribution in [0.3, 0.4) is 0 Å². The average Bonchev–Trinajstić information content (AvgIpc) is 2.32. The Morgan fingerprint density at radius 1 is 1.22 bits per heavy atom.